The van der Waals surface area contributed by atoms with Crippen molar-refractivity contribution in [2.45, 2.75) is 69.0 Å². The minimum absolute atomic E-state index is 0.0932. The molecule has 2 aromatic carbocycles. The normalized spacial score (nSPS) is 16.8. The van der Waals surface area contributed by atoms with Gasteiger partial charge < -0.3 is 20.1 Å². The third-order valence-corrected chi connectivity index (χ3v) is 10.3. The molecule has 0 amide bonds. The number of hydrogen-bond donors (Lipinski definition) is 4. The van der Waals surface area contributed by atoms with Crippen LogP contribution < -0.4 is 4.72 Å². The van der Waals surface area contributed by atoms with E-state index in [-0.39, 0.29) is 29.6 Å². The van der Waals surface area contributed by atoms with E-state index in [1.54, 1.807) is 30.3 Å². The van der Waals surface area contributed by atoms with Gasteiger partial charge in [-0.1, -0.05) is 44.2 Å². The molecule has 5 rings (SSSR count). The Morgan fingerprint density at radius 3 is 2.52 bits per heavy atom. The summed E-state index contributed by atoms with van der Waals surface area (Å²) < 4.78 is 49.3. The minimum Gasteiger partial charge on any atom is -0.481 e. The summed E-state index contributed by atoms with van der Waals surface area (Å²) in [5.41, 5.74) is 6.25. The lowest BCUT2D eigenvalue weighted by Gasteiger charge is -2.26. The molecule has 12 heteroatoms. The zero-order valence-corrected chi connectivity index (χ0v) is 28.2. The van der Waals surface area contributed by atoms with Gasteiger partial charge in [-0.25, -0.2) is 17.5 Å². The van der Waals surface area contributed by atoms with Crippen LogP contribution in [0.2, 0.25) is 0 Å². The number of aromatic nitrogens is 1. The average molecular weight is 682 g/mol. The minimum atomic E-state index is -3.82. The summed E-state index contributed by atoms with van der Waals surface area (Å²) >= 11 is 0. The number of fused-ring (bicyclic) bond motifs is 3. The Kier molecular flexibility index (Phi) is 11.8. The SMILES string of the molecule is CC(C)c1nc2c(c(-c3ccc(F)cc3)c1C=C[C@@H](O)C[C@@H](O)CC(=O)O)CCCc1ccc(S(=O)(=O)NCCN3CCOCC3)cc1-2. The van der Waals surface area contributed by atoms with Gasteiger partial charge in [0.2, 0.25) is 10.0 Å². The highest BCUT2D eigenvalue weighted by Gasteiger charge is 2.27. The highest BCUT2D eigenvalue weighted by Crippen LogP contribution is 2.42. The van der Waals surface area contributed by atoms with Gasteiger partial charge in [-0.3, -0.25) is 14.7 Å². The van der Waals surface area contributed by atoms with Crippen LogP contribution in [-0.2, 0) is 32.4 Å². The van der Waals surface area contributed by atoms with Crippen molar-refractivity contribution in [1.82, 2.24) is 14.6 Å². The van der Waals surface area contributed by atoms with E-state index in [4.69, 9.17) is 14.8 Å². The largest absolute Gasteiger partial charge is 0.481 e. The number of pyridine rings is 1. The molecular weight excluding hydrogens is 637 g/mol. The lowest BCUT2D eigenvalue weighted by molar-refractivity contribution is -0.139. The van der Waals surface area contributed by atoms with Crippen LogP contribution in [0.1, 0.15) is 61.4 Å². The molecule has 1 fully saturated rings. The number of benzene rings is 2. The van der Waals surface area contributed by atoms with Crippen molar-refractivity contribution >= 4 is 22.1 Å². The molecule has 10 nitrogen and oxygen atoms in total. The summed E-state index contributed by atoms with van der Waals surface area (Å²) in [5, 5.41) is 29.8. The van der Waals surface area contributed by atoms with Crippen LogP contribution in [0, 0.1) is 5.82 Å². The maximum Gasteiger partial charge on any atom is 0.305 e. The molecule has 0 saturated carbocycles. The number of ether oxygens (including phenoxy) is 1. The number of nitrogens with one attached hydrogen (secondary N) is 1. The van der Waals surface area contributed by atoms with E-state index >= 15 is 0 Å². The van der Waals surface area contributed by atoms with Crippen LogP contribution in [0.3, 0.4) is 0 Å². The Hall–Kier alpha value is -3.52. The van der Waals surface area contributed by atoms with E-state index in [0.717, 1.165) is 52.9 Å². The predicted molar refractivity (Wildman–Crippen MR) is 182 cm³/mol. The van der Waals surface area contributed by atoms with Crippen molar-refractivity contribution in [2.24, 2.45) is 0 Å². The van der Waals surface area contributed by atoms with Gasteiger partial charge in [0.05, 0.1) is 48.1 Å². The molecule has 1 saturated heterocycles. The molecule has 2 aliphatic rings. The number of aliphatic hydroxyl groups excluding tert-OH is 2. The lowest BCUT2D eigenvalue weighted by atomic mass is 9.86. The second-order valence-electron chi connectivity index (χ2n) is 12.7. The van der Waals surface area contributed by atoms with Gasteiger partial charge in [0.1, 0.15) is 5.82 Å². The molecule has 0 radical (unpaired) electrons. The first-order valence-corrected chi connectivity index (χ1v) is 17.9. The maximum absolute atomic E-state index is 14.1. The zero-order chi connectivity index (χ0) is 34.4. The highest BCUT2D eigenvalue weighted by atomic mass is 32.2. The van der Waals surface area contributed by atoms with Gasteiger partial charge >= 0.3 is 5.97 Å². The summed E-state index contributed by atoms with van der Waals surface area (Å²) in [7, 11) is -3.82. The Bertz CT molecular complexity index is 1740. The lowest BCUT2D eigenvalue weighted by Crippen LogP contribution is -2.41. The molecule has 1 aromatic heterocycles. The van der Waals surface area contributed by atoms with Crippen LogP contribution in [0.4, 0.5) is 4.39 Å². The molecule has 4 N–H and O–H groups in total. The maximum atomic E-state index is 14.1. The quantitative estimate of drug-likeness (QED) is 0.206. The first kappa shape index (κ1) is 35.8. The number of carboxylic acids is 1. The van der Waals surface area contributed by atoms with Gasteiger partial charge in [0, 0.05) is 43.7 Å². The van der Waals surface area contributed by atoms with Crippen molar-refractivity contribution in [2.75, 3.05) is 39.4 Å². The fraction of sp³-hybridized carbons (Fsp3) is 0.444. The number of aryl methyl sites for hydroxylation is 1. The van der Waals surface area contributed by atoms with Crippen molar-refractivity contribution in [3.05, 3.63) is 76.7 Å². The molecule has 0 spiro atoms. The van der Waals surface area contributed by atoms with Gasteiger partial charge in [-0.05, 0) is 71.7 Å². The third-order valence-electron chi connectivity index (χ3n) is 8.80. The molecule has 0 unspecified atom stereocenters. The standard InChI is InChI=1S/C36H44FN3O7S/c1-23(2)35-31(13-11-27(41)20-28(42)21-33(43)44)34(25-6-9-26(37)10-7-25)30-5-3-4-24-8-12-29(22-32(24)36(30)39-35)48(45,46)38-14-15-40-16-18-47-19-17-40/h6-13,22-23,27-28,38,41-42H,3-5,14-21H2,1-2H3,(H,43,44)/t27-,28-/m1/s1. The second kappa shape index (κ2) is 15.8. The first-order chi connectivity index (χ1) is 22.9. The van der Waals surface area contributed by atoms with E-state index in [1.807, 2.05) is 19.9 Å². The summed E-state index contributed by atoms with van der Waals surface area (Å²) in [6, 6.07) is 11.4. The molecule has 1 aliphatic carbocycles. The Labute approximate surface area is 281 Å². The Morgan fingerprint density at radius 2 is 1.83 bits per heavy atom. The molecule has 1 aliphatic heterocycles. The molecule has 0 bridgehead atoms. The van der Waals surface area contributed by atoms with Gasteiger partial charge in [0.15, 0.2) is 0 Å². The monoisotopic (exact) mass is 681 g/mol. The van der Waals surface area contributed by atoms with E-state index in [0.29, 0.717) is 44.0 Å². The molecule has 48 heavy (non-hydrogen) atoms. The molecule has 2 heterocycles. The molecule has 258 valence electrons. The second-order valence-corrected chi connectivity index (χ2v) is 14.5. The van der Waals surface area contributed by atoms with Crippen LogP contribution in [0.25, 0.3) is 28.5 Å². The highest BCUT2D eigenvalue weighted by molar-refractivity contribution is 7.89. The molecular formula is C36H44FN3O7S. The Balaban J connectivity index is 1.58. The first-order valence-electron chi connectivity index (χ1n) is 16.4. The number of nitrogens with zero attached hydrogens (tertiary/aromatic N) is 2. The van der Waals surface area contributed by atoms with Crippen LogP contribution in [0.15, 0.2) is 53.4 Å². The van der Waals surface area contributed by atoms with Crippen LogP contribution >= 0.6 is 0 Å². The van der Waals surface area contributed by atoms with E-state index < -0.39 is 34.6 Å². The number of rotatable bonds is 13. The number of hydrogen-bond acceptors (Lipinski definition) is 8. The summed E-state index contributed by atoms with van der Waals surface area (Å²) in [5.74, 6) is -1.64. The van der Waals surface area contributed by atoms with Crippen molar-refractivity contribution < 1.29 is 37.7 Å². The zero-order valence-electron chi connectivity index (χ0n) is 27.4. The number of carbonyl (C=O) groups is 1. The number of sulfonamides is 1. The third kappa shape index (κ3) is 8.73. The number of aliphatic carboxylic acids is 1. The van der Waals surface area contributed by atoms with E-state index in [9.17, 15) is 27.8 Å². The molecule has 3 aromatic rings. The predicted octanol–water partition coefficient (Wildman–Crippen LogP) is 4.38. The van der Waals surface area contributed by atoms with E-state index in [1.165, 1.54) is 18.2 Å². The smallest absolute Gasteiger partial charge is 0.305 e. The fourth-order valence-electron chi connectivity index (χ4n) is 6.39. The van der Waals surface area contributed by atoms with Crippen molar-refractivity contribution in [1.29, 1.82) is 0 Å². The van der Waals surface area contributed by atoms with Gasteiger partial charge in [-0.2, -0.15) is 0 Å². The van der Waals surface area contributed by atoms with Crippen molar-refractivity contribution in [3.8, 4) is 22.4 Å². The van der Waals surface area contributed by atoms with Gasteiger partial charge in [0.25, 0.3) is 0 Å². The summed E-state index contributed by atoms with van der Waals surface area (Å²) in [4.78, 5) is 18.5. The Morgan fingerprint density at radius 1 is 1.10 bits per heavy atom. The number of carboxylic acid groups (broad SMARTS) is 1. The van der Waals surface area contributed by atoms with Crippen LogP contribution in [-0.4, -0.2) is 91.2 Å². The average Bonchev–Trinajstić information content (AvgIpc) is 3.22. The van der Waals surface area contributed by atoms with E-state index in [2.05, 4.69) is 9.62 Å². The van der Waals surface area contributed by atoms with Crippen LogP contribution in [0.5, 0.6) is 0 Å². The number of morpholine rings is 1. The molecule has 2 atom stereocenters. The summed E-state index contributed by atoms with van der Waals surface area (Å²) in [6.07, 6.45) is 2.39. The summed E-state index contributed by atoms with van der Waals surface area (Å²) in [6.45, 7) is 7.64. The van der Waals surface area contributed by atoms with Crippen molar-refractivity contribution in [3.63, 3.8) is 0 Å². The number of aliphatic hydroxyl groups is 2. The fourth-order valence-corrected chi connectivity index (χ4v) is 7.44. The number of halogens is 1. The van der Waals surface area contributed by atoms with Gasteiger partial charge in [-0.15, -0.1) is 0 Å². The topological polar surface area (TPSA) is 149 Å².